The fourth-order valence-electron chi connectivity index (χ4n) is 2.18. The molecule has 1 nitrogen and oxygen atoms in total. The summed E-state index contributed by atoms with van der Waals surface area (Å²) in [6, 6.07) is 13.3. The lowest BCUT2D eigenvalue weighted by Crippen LogP contribution is -2.06. The van der Waals surface area contributed by atoms with Gasteiger partial charge in [-0.25, -0.2) is 4.39 Å². The molecule has 0 aliphatic carbocycles. The Kier molecular flexibility index (Phi) is 5.61. The normalized spacial score (nSPS) is 12.2. The van der Waals surface area contributed by atoms with Crippen LogP contribution in [0.1, 0.15) is 17.0 Å². The van der Waals surface area contributed by atoms with E-state index in [1.54, 1.807) is 12.1 Å². The van der Waals surface area contributed by atoms with E-state index in [9.17, 15) is 4.39 Å². The van der Waals surface area contributed by atoms with Gasteiger partial charge < -0.3 is 4.74 Å². The van der Waals surface area contributed by atoms with Gasteiger partial charge in [0.2, 0.25) is 0 Å². The molecule has 0 saturated carbocycles. The summed E-state index contributed by atoms with van der Waals surface area (Å²) in [6.45, 7) is 0. The zero-order valence-corrected chi connectivity index (χ0v) is 14.2. The van der Waals surface area contributed by atoms with Gasteiger partial charge in [-0.1, -0.05) is 56.1 Å². The van der Waals surface area contributed by atoms with Crippen LogP contribution in [0.15, 0.2) is 46.9 Å². The lowest BCUT2D eigenvalue weighted by molar-refractivity contribution is 0.386. The number of halogens is 3. The van der Waals surface area contributed by atoms with Gasteiger partial charge in [-0.3, -0.25) is 0 Å². The topological polar surface area (TPSA) is 9.23 Å². The summed E-state index contributed by atoms with van der Waals surface area (Å²) < 4.78 is 19.8. The molecule has 0 amide bonds. The SMILES string of the molecule is COc1ccc(CC(CBr)c2ccccc2Br)cc1F. The highest BCUT2D eigenvalue weighted by molar-refractivity contribution is 9.10. The third kappa shape index (κ3) is 3.61. The molecule has 0 aromatic heterocycles. The molecule has 0 spiro atoms. The molecule has 106 valence electrons. The van der Waals surface area contributed by atoms with Crippen LogP contribution in [0, 0.1) is 5.82 Å². The number of hydrogen-bond donors (Lipinski definition) is 0. The predicted octanol–water partition coefficient (Wildman–Crippen LogP) is 5.32. The van der Waals surface area contributed by atoms with E-state index in [-0.39, 0.29) is 11.6 Å². The molecule has 4 heteroatoms. The second-order valence-corrected chi connectivity index (χ2v) is 6.05. The number of alkyl halides is 1. The average molecular weight is 402 g/mol. The van der Waals surface area contributed by atoms with Gasteiger partial charge in [-0.15, -0.1) is 0 Å². The highest BCUT2D eigenvalue weighted by Crippen LogP contribution is 2.30. The van der Waals surface area contributed by atoms with Crippen molar-refractivity contribution in [1.29, 1.82) is 0 Å². The molecule has 0 radical (unpaired) electrons. The van der Waals surface area contributed by atoms with Crippen LogP contribution in [0.3, 0.4) is 0 Å². The van der Waals surface area contributed by atoms with Gasteiger partial charge >= 0.3 is 0 Å². The Morgan fingerprint density at radius 2 is 1.95 bits per heavy atom. The maximum atomic E-state index is 13.7. The maximum Gasteiger partial charge on any atom is 0.165 e. The van der Waals surface area contributed by atoms with Gasteiger partial charge in [-0.05, 0) is 41.7 Å². The smallest absolute Gasteiger partial charge is 0.165 e. The molecule has 0 fully saturated rings. The third-order valence-electron chi connectivity index (χ3n) is 3.23. The molecule has 2 aromatic rings. The van der Waals surface area contributed by atoms with Crippen molar-refractivity contribution in [3.05, 3.63) is 63.9 Å². The Morgan fingerprint density at radius 1 is 1.20 bits per heavy atom. The van der Waals surface area contributed by atoms with Crippen LogP contribution in [-0.4, -0.2) is 12.4 Å². The molecule has 0 N–H and O–H groups in total. The fourth-order valence-corrected chi connectivity index (χ4v) is 3.36. The average Bonchev–Trinajstić information content (AvgIpc) is 2.46. The first-order valence-electron chi connectivity index (χ1n) is 6.28. The zero-order valence-electron chi connectivity index (χ0n) is 11.1. The van der Waals surface area contributed by atoms with Crippen molar-refractivity contribution in [3.8, 4) is 5.75 Å². The first-order valence-corrected chi connectivity index (χ1v) is 8.20. The molecule has 0 heterocycles. The first kappa shape index (κ1) is 15.5. The minimum Gasteiger partial charge on any atom is -0.494 e. The van der Waals surface area contributed by atoms with E-state index < -0.39 is 0 Å². The minimum absolute atomic E-state index is 0.282. The van der Waals surface area contributed by atoms with Gasteiger partial charge in [0, 0.05) is 9.80 Å². The molecule has 2 aromatic carbocycles. The molecule has 0 bridgehead atoms. The number of rotatable bonds is 5. The zero-order chi connectivity index (χ0) is 14.5. The number of hydrogen-bond acceptors (Lipinski definition) is 1. The van der Waals surface area contributed by atoms with Crippen molar-refractivity contribution in [1.82, 2.24) is 0 Å². The van der Waals surface area contributed by atoms with E-state index in [1.807, 2.05) is 24.3 Å². The summed E-state index contributed by atoms with van der Waals surface area (Å²) in [5, 5.41) is 0.823. The van der Waals surface area contributed by atoms with Crippen LogP contribution in [0.4, 0.5) is 4.39 Å². The number of benzene rings is 2. The van der Waals surface area contributed by atoms with Crippen LogP contribution in [0.2, 0.25) is 0 Å². The van der Waals surface area contributed by atoms with Crippen molar-refractivity contribution in [2.24, 2.45) is 0 Å². The van der Waals surface area contributed by atoms with Crippen LogP contribution >= 0.6 is 31.9 Å². The van der Waals surface area contributed by atoms with Crippen molar-refractivity contribution in [3.63, 3.8) is 0 Å². The van der Waals surface area contributed by atoms with E-state index in [2.05, 4.69) is 37.9 Å². The summed E-state index contributed by atoms with van der Waals surface area (Å²) in [7, 11) is 1.47. The van der Waals surface area contributed by atoms with Crippen molar-refractivity contribution in [2.75, 3.05) is 12.4 Å². The Balaban J connectivity index is 2.23. The molecule has 1 unspecified atom stereocenters. The van der Waals surface area contributed by atoms with Crippen LogP contribution in [-0.2, 0) is 6.42 Å². The molecule has 0 saturated heterocycles. The summed E-state index contributed by atoms with van der Waals surface area (Å²) in [4.78, 5) is 0. The van der Waals surface area contributed by atoms with Crippen LogP contribution in [0.5, 0.6) is 5.75 Å². The van der Waals surface area contributed by atoms with Gasteiger partial charge in [0.25, 0.3) is 0 Å². The first-order chi connectivity index (χ1) is 9.65. The summed E-state index contributed by atoms with van der Waals surface area (Å²) >= 11 is 7.13. The lowest BCUT2D eigenvalue weighted by Gasteiger charge is -2.16. The van der Waals surface area contributed by atoms with Crippen LogP contribution < -0.4 is 4.74 Å². The van der Waals surface area contributed by atoms with Gasteiger partial charge in [0.15, 0.2) is 11.6 Å². The van der Waals surface area contributed by atoms with Crippen molar-refractivity contribution < 1.29 is 9.13 Å². The Labute approximate surface area is 135 Å². The van der Waals surface area contributed by atoms with Gasteiger partial charge in [0.1, 0.15) is 0 Å². The monoisotopic (exact) mass is 400 g/mol. The van der Waals surface area contributed by atoms with E-state index in [4.69, 9.17) is 4.74 Å². The second kappa shape index (κ2) is 7.23. The molecule has 1 atom stereocenters. The third-order valence-corrected chi connectivity index (χ3v) is 4.73. The summed E-state index contributed by atoms with van der Waals surface area (Å²) in [6.07, 6.45) is 0.773. The van der Waals surface area contributed by atoms with Crippen LogP contribution in [0.25, 0.3) is 0 Å². The highest BCUT2D eigenvalue weighted by Gasteiger charge is 2.15. The molecular weight excluding hydrogens is 387 g/mol. The van der Waals surface area contributed by atoms with Gasteiger partial charge in [0.05, 0.1) is 7.11 Å². The van der Waals surface area contributed by atoms with Crippen molar-refractivity contribution in [2.45, 2.75) is 12.3 Å². The molecule has 20 heavy (non-hydrogen) atoms. The van der Waals surface area contributed by atoms with Crippen molar-refractivity contribution >= 4 is 31.9 Å². The second-order valence-electron chi connectivity index (χ2n) is 4.55. The lowest BCUT2D eigenvalue weighted by atomic mass is 9.93. The summed E-state index contributed by atoms with van der Waals surface area (Å²) in [5.74, 6) is 0.258. The standard InChI is InChI=1S/C16H15Br2FO/c1-20-16-7-6-11(9-15(16)19)8-12(10-17)13-4-2-3-5-14(13)18/h2-7,9,12H,8,10H2,1H3. The van der Waals surface area contributed by atoms with Gasteiger partial charge in [-0.2, -0.15) is 0 Å². The van der Waals surface area contributed by atoms with E-state index in [0.29, 0.717) is 5.92 Å². The highest BCUT2D eigenvalue weighted by atomic mass is 79.9. The Bertz CT molecular complexity index is 586. The fraction of sp³-hybridized carbons (Fsp3) is 0.250. The van der Waals surface area contributed by atoms with E-state index >= 15 is 0 Å². The molecule has 0 aliphatic heterocycles. The molecular formula is C16H15Br2FO. The maximum absolute atomic E-state index is 13.7. The minimum atomic E-state index is -0.314. The van der Waals surface area contributed by atoms with E-state index in [0.717, 1.165) is 21.8 Å². The Morgan fingerprint density at radius 3 is 2.55 bits per heavy atom. The van der Waals surface area contributed by atoms with E-state index in [1.165, 1.54) is 12.7 Å². The largest absolute Gasteiger partial charge is 0.494 e. The quantitative estimate of drug-likeness (QED) is 0.616. The number of methoxy groups -OCH3 is 1. The predicted molar refractivity (Wildman–Crippen MR) is 87.3 cm³/mol. The summed E-state index contributed by atoms with van der Waals surface area (Å²) in [5.41, 5.74) is 2.18. The molecule has 2 rings (SSSR count). The Hall–Kier alpha value is -0.870. The number of ether oxygens (including phenoxy) is 1. The molecule has 0 aliphatic rings.